The minimum absolute atomic E-state index is 0.000954. The number of amides is 1. The Morgan fingerprint density at radius 2 is 1.93 bits per heavy atom. The normalized spacial score (nSPS) is 11.1. The van der Waals surface area contributed by atoms with Crippen molar-refractivity contribution in [2.75, 3.05) is 11.9 Å². The van der Waals surface area contributed by atoms with E-state index in [0.717, 1.165) is 5.39 Å². The van der Waals surface area contributed by atoms with Gasteiger partial charge in [0.2, 0.25) is 5.76 Å². The van der Waals surface area contributed by atoms with Crippen molar-refractivity contribution in [3.63, 3.8) is 0 Å². The number of rotatable bonds is 7. The molecule has 0 atom stereocenters. The molecule has 0 spiro atoms. The number of hydrogen-bond donors (Lipinski definition) is 1. The Morgan fingerprint density at radius 3 is 2.66 bits per heavy atom. The average Bonchev–Trinajstić information content (AvgIpc) is 3.06. The molecule has 2 aromatic carbocycles. The molecule has 6 nitrogen and oxygen atoms in total. The van der Waals surface area contributed by atoms with Crippen molar-refractivity contribution < 1.29 is 27.9 Å². The third-order valence-electron chi connectivity index (χ3n) is 4.23. The number of carbonyl (C=O) groups excluding carboxylic acids is 2. The van der Waals surface area contributed by atoms with Gasteiger partial charge in [-0.1, -0.05) is 24.3 Å². The van der Waals surface area contributed by atoms with E-state index in [2.05, 4.69) is 5.32 Å². The standard InChI is InChI=1S/C22H22FNO5/c1-13(2)27-11-17-16-6-4-5-7-19(16)29-21(17)22(26)28-12-20(25)24-15-9-8-14(3)18(23)10-15/h4-10,13H,11-12H2,1-3H3,(H,24,25). The molecule has 1 aromatic heterocycles. The second-order valence-corrected chi connectivity index (χ2v) is 6.85. The number of hydrogen-bond acceptors (Lipinski definition) is 5. The molecule has 7 heteroatoms. The molecule has 29 heavy (non-hydrogen) atoms. The molecular weight excluding hydrogens is 377 g/mol. The van der Waals surface area contributed by atoms with E-state index in [1.807, 2.05) is 26.0 Å². The summed E-state index contributed by atoms with van der Waals surface area (Å²) in [5, 5.41) is 3.24. The molecule has 1 N–H and O–H groups in total. The van der Waals surface area contributed by atoms with Gasteiger partial charge in [0.05, 0.1) is 12.7 Å². The van der Waals surface area contributed by atoms with Crippen LogP contribution in [0.4, 0.5) is 10.1 Å². The SMILES string of the molecule is Cc1ccc(NC(=O)COC(=O)c2oc3ccccc3c2COC(C)C)cc1F. The van der Waals surface area contributed by atoms with Gasteiger partial charge in [0.15, 0.2) is 6.61 Å². The number of carbonyl (C=O) groups is 2. The van der Waals surface area contributed by atoms with Gasteiger partial charge in [-0.05, 0) is 44.5 Å². The quantitative estimate of drug-likeness (QED) is 0.588. The highest BCUT2D eigenvalue weighted by Gasteiger charge is 2.23. The highest BCUT2D eigenvalue weighted by molar-refractivity contribution is 5.98. The first kappa shape index (κ1) is 20.5. The van der Waals surface area contributed by atoms with Gasteiger partial charge in [0.25, 0.3) is 5.91 Å². The van der Waals surface area contributed by atoms with Crippen LogP contribution >= 0.6 is 0 Å². The summed E-state index contributed by atoms with van der Waals surface area (Å²) in [5.74, 6) is -1.79. The predicted molar refractivity (Wildman–Crippen MR) is 106 cm³/mol. The van der Waals surface area contributed by atoms with E-state index >= 15 is 0 Å². The summed E-state index contributed by atoms with van der Waals surface area (Å²) in [4.78, 5) is 24.6. The van der Waals surface area contributed by atoms with E-state index in [9.17, 15) is 14.0 Å². The number of para-hydroxylation sites is 1. The van der Waals surface area contributed by atoms with Gasteiger partial charge in [-0.25, -0.2) is 9.18 Å². The van der Waals surface area contributed by atoms with Crippen LogP contribution in [0.3, 0.4) is 0 Å². The molecule has 0 bridgehead atoms. The molecule has 3 rings (SSSR count). The van der Waals surface area contributed by atoms with Crippen LogP contribution in [0.15, 0.2) is 46.9 Å². The summed E-state index contributed by atoms with van der Waals surface area (Å²) in [6, 6.07) is 11.5. The number of benzene rings is 2. The van der Waals surface area contributed by atoms with Gasteiger partial charge >= 0.3 is 5.97 Å². The summed E-state index contributed by atoms with van der Waals surface area (Å²) in [6.07, 6.45) is -0.0341. The number of ether oxygens (including phenoxy) is 2. The van der Waals surface area contributed by atoms with Gasteiger partial charge in [-0.2, -0.15) is 0 Å². The summed E-state index contributed by atoms with van der Waals surface area (Å²) < 4.78 is 29.9. The molecule has 0 aliphatic carbocycles. The first-order valence-corrected chi connectivity index (χ1v) is 9.20. The molecule has 1 heterocycles. The Morgan fingerprint density at radius 1 is 1.17 bits per heavy atom. The minimum Gasteiger partial charge on any atom is -0.450 e. The number of fused-ring (bicyclic) bond motifs is 1. The molecule has 0 fully saturated rings. The molecule has 0 saturated heterocycles. The van der Waals surface area contributed by atoms with E-state index < -0.39 is 24.3 Å². The van der Waals surface area contributed by atoms with Crippen molar-refractivity contribution in [1.82, 2.24) is 0 Å². The zero-order valence-electron chi connectivity index (χ0n) is 16.5. The monoisotopic (exact) mass is 399 g/mol. The molecular formula is C22H22FNO5. The Balaban J connectivity index is 1.69. The van der Waals surface area contributed by atoms with Crippen molar-refractivity contribution in [2.45, 2.75) is 33.5 Å². The van der Waals surface area contributed by atoms with Crippen LogP contribution in [-0.4, -0.2) is 24.6 Å². The van der Waals surface area contributed by atoms with E-state index in [1.165, 1.54) is 6.07 Å². The summed E-state index contributed by atoms with van der Waals surface area (Å²) in [6.45, 7) is 5.04. The number of furan rings is 1. The Bertz CT molecular complexity index is 1040. The van der Waals surface area contributed by atoms with E-state index in [1.54, 1.807) is 31.2 Å². The van der Waals surface area contributed by atoms with Gasteiger partial charge in [0.1, 0.15) is 11.4 Å². The maximum atomic E-state index is 13.6. The lowest BCUT2D eigenvalue weighted by molar-refractivity contribution is -0.119. The van der Waals surface area contributed by atoms with Crippen LogP contribution in [0.2, 0.25) is 0 Å². The van der Waals surface area contributed by atoms with Gasteiger partial charge in [0, 0.05) is 16.6 Å². The van der Waals surface area contributed by atoms with Crippen molar-refractivity contribution in [3.05, 3.63) is 65.2 Å². The zero-order valence-corrected chi connectivity index (χ0v) is 16.5. The first-order valence-electron chi connectivity index (χ1n) is 9.20. The maximum absolute atomic E-state index is 13.6. The highest BCUT2D eigenvalue weighted by atomic mass is 19.1. The number of halogens is 1. The highest BCUT2D eigenvalue weighted by Crippen LogP contribution is 2.27. The van der Waals surface area contributed by atoms with E-state index in [4.69, 9.17) is 13.9 Å². The average molecular weight is 399 g/mol. The fraction of sp³-hybridized carbons (Fsp3) is 0.273. The van der Waals surface area contributed by atoms with Crippen molar-refractivity contribution in [1.29, 1.82) is 0 Å². The van der Waals surface area contributed by atoms with Crippen molar-refractivity contribution in [3.8, 4) is 0 Å². The summed E-state index contributed by atoms with van der Waals surface area (Å²) in [7, 11) is 0. The fourth-order valence-corrected chi connectivity index (χ4v) is 2.72. The van der Waals surface area contributed by atoms with E-state index in [0.29, 0.717) is 16.7 Å². The van der Waals surface area contributed by atoms with Gasteiger partial charge in [-0.3, -0.25) is 4.79 Å². The van der Waals surface area contributed by atoms with Crippen LogP contribution < -0.4 is 5.32 Å². The lowest BCUT2D eigenvalue weighted by atomic mass is 10.1. The van der Waals surface area contributed by atoms with Gasteiger partial charge in [-0.15, -0.1) is 0 Å². The second kappa shape index (κ2) is 8.87. The molecule has 0 aliphatic heterocycles. The molecule has 0 aliphatic rings. The Labute approximate surface area is 167 Å². The molecule has 3 aromatic rings. The summed E-state index contributed by atoms with van der Waals surface area (Å²) >= 11 is 0. The third-order valence-corrected chi connectivity index (χ3v) is 4.23. The molecule has 152 valence electrons. The van der Waals surface area contributed by atoms with Crippen LogP contribution in [-0.2, 0) is 20.9 Å². The Kier molecular flexibility index (Phi) is 6.29. The zero-order chi connectivity index (χ0) is 21.0. The van der Waals surface area contributed by atoms with Crippen molar-refractivity contribution in [2.24, 2.45) is 0 Å². The third kappa shape index (κ3) is 5.00. The predicted octanol–water partition coefficient (Wildman–Crippen LogP) is 4.60. The maximum Gasteiger partial charge on any atom is 0.375 e. The summed E-state index contributed by atoms with van der Waals surface area (Å²) in [5.41, 5.74) is 1.85. The number of aryl methyl sites for hydroxylation is 1. The lowest BCUT2D eigenvalue weighted by Gasteiger charge is -2.09. The largest absolute Gasteiger partial charge is 0.450 e. The number of nitrogens with one attached hydrogen (secondary N) is 1. The Hall–Kier alpha value is -3.19. The van der Waals surface area contributed by atoms with Crippen LogP contribution in [0.5, 0.6) is 0 Å². The van der Waals surface area contributed by atoms with Crippen LogP contribution in [0.25, 0.3) is 11.0 Å². The van der Waals surface area contributed by atoms with Crippen LogP contribution in [0, 0.1) is 12.7 Å². The van der Waals surface area contributed by atoms with Crippen LogP contribution in [0.1, 0.15) is 35.5 Å². The minimum atomic E-state index is -0.770. The van der Waals surface area contributed by atoms with Crippen molar-refractivity contribution >= 4 is 28.5 Å². The second-order valence-electron chi connectivity index (χ2n) is 6.85. The lowest BCUT2D eigenvalue weighted by Crippen LogP contribution is -2.21. The molecule has 0 saturated carbocycles. The molecule has 0 unspecified atom stereocenters. The molecule has 1 amide bonds. The number of esters is 1. The molecule has 0 radical (unpaired) electrons. The smallest absolute Gasteiger partial charge is 0.375 e. The van der Waals surface area contributed by atoms with E-state index in [-0.39, 0.29) is 24.2 Å². The fourth-order valence-electron chi connectivity index (χ4n) is 2.72. The van der Waals surface area contributed by atoms with Gasteiger partial charge < -0.3 is 19.2 Å². The first-order chi connectivity index (χ1) is 13.8. The topological polar surface area (TPSA) is 77.8 Å². The number of anilines is 1.